The summed E-state index contributed by atoms with van der Waals surface area (Å²) in [5, 5.41) is -0.0541. The number of hydrogen-bond acceptors (Lipinski definition) is 2. The van der Waals surface area contributed by atoms with E-state index in [9.17, 15) is 4.79 Å². The Labute approximate surface area is 173 Å². The topological polar surface area (TPSA) is 17.1 Å². The number of carbonyl (C=O) groups excluding carboxylic acids is 1. The van der Waals surface area contributed by atoms with E-state index in [2.05, 4.69) is 39.9 Å². The maximum absolute atomic E-state index is 12.7. The molecule has 134 valence electrons. The number of ketones is 1. The molecule has 0 aliphatic rings. The van der Waals surface area contributed by atoms with Crippen LogP contribution in [0.3, 0.4) is 0 Å². The molecule has 3 rings (SSSR count). The van der Waals surface area contributed by atoms with Crippen molar-refractivity contribution in [1.82, 2.24) is 0 Å². The number of Topliss-reactive ketones (excluding diaryl/α,β-unsaturated/α-hetero) is 1. The van der Waals surface area contributed by atoms with Crippen molar-refractivity contribution in [3.05, 3.63) is 106 Å². The molecule has 0 N–H and O–H groups in total. The van der Waals surface area contributed by atoms with Crippen LogP contribution in [0.4, 0.5) is 0 Å². The van der Waals surface area contributed by atoms with Gasteiger partial charge in [-0.2, -0.15) is 0 Å². The van der Waals surface area contributed by atoms with Gasteiger partial charge in [0.1, 0.15) is 0 Å². The van der Waals surface area contributed by atoms with Gasteiger partial charge in [-0.05, 0) is 29.8 Å². The summed E-state index contributed by atoms with van der Waals surface area (Å²) >= 11 is 5.13. The number of halogens is 1. The highest BCUT2D eigenvalue weighted by Crippen LogP contribution is 2.22. The maximum Gasteiger partial charge on any atom is 0.164 e. The Morgan fingerprint density at radius 1 is 0.889 bits per heavy atom. The van der Waals surface area contributed by atoms with Gasteiger partial charge in [-0.3, -0.25) is 4.79 Å². The molecule has 3 heteroatoms. The zero-order chi connectivity index (χ0) is 18.9. The van der Waals surface area contributed by atoms with E-state index in [1.165, 1.54) is 5.56 Å². The van der Waals surface area contributed by atoms with Gasteiger partial charge in [0.05, 0.1) is 5.25 Å². The van der Waals surface area contributed by atoms with Gasteiger partial charge in [0.2, 0.25) is 0 Å². The van der Waals surface area contributed by atoms with Crippen LogP contribution in [-0.4, -0.2) is 11.0 Å². The summed E-state index contributed by atoms with van der Waals surface area (Å²) in [5.41, 5.74) is 2.94. The predicted octanol–water partition coefficient (Wildman–Crippen LogP) is 6.38. The van der Waals surface area contributed by atoms with Gasteiger partial charge < -0.3 is 0 Å². The highest BCUT2D eigenvalue weighted by atomic mass is 79.9. The molecule has 1 atom stereocenters. The van der Waals surface area contributed by atoms with Crippen molar-refractivity contribution in [3.8, 4) is 11.8 Å². The standard InChI is InChI=1S/C24H19BrOS/c25-22-14-12-21(13-15-22)24(26)17-23(16-11-19-7-3-1-4-8-19)27-18-20-9-5-2-6-10-20/h1-10,12-15,23H,17-18H2/t23-/m1/s1. The molecule has 27 heavy (non-hydrogen) atoms. The van der Waals surface area contributed by atoms with Crippen LogP contribution in [-0.2, 0) is 5.75 Å². The molecule has 0 aliphatic carbocycles. The van der Waals surface area contributed by atoms with E-state index in [1.807, 2.05) is 72.8 Å². The molecule has 0 amide bonds. The van der Waals surface area contributed by atoms with Crippen molar-refractivity contribution >= 4 is 33.5 Å². The van der Waals surface area contributed by atoms with Crippen molar-refractivity contribution in [2.45, 2.75) is 17.4 Å². The number of thioether (sulfide) groups is 1. The van der Waals surface area contributed by atoms with Crippen LogP contribution >= 0.6 is 27.7 Å². The highest BCUT2D eigenvalue weighted by molar-refractivity contribution is 9.10. The zero-order valence-electron chi connectivity index (χ0n) is 14.8. The van der Waals surface area contributed by atoms with E-state index < -0.39 is 0 Å². The second-order valence-electron chi connectivity index (χ2n) is 6.05. The van der Waals surface area contributed by atoms with Gasteiger partial charge >= 0.3 is 0 Å². The lowest BCUT2D eigenvalue weighted by atomic mass is 10.1. The summed E-state index contributed by atoms with van der Waals surface area (Å²) in [5.74, 6) is 7.47. The van der Waals surface area contributed by atoms with Crippen LogP contribution in [0.15, 0.2) is 89.4 Å². The van der Waals surface area contributed by atoms with Crippen molar-refractivity contribution in [3.63, 3.8) is 0 Å². The van der Waals surface area contributed by atoms with Gasteiger partial charge in [-0.1, -0.05) is 88.4 Å². The molecule has 0 heterocycles. The Balaban J connectivity index is 1.73. The second kappa shape index (κ2) is 10.2. The maximum atomic E-state index is 12.7. The molecular formula is C24H19BrOS. The number of benzene rings is 3. The van der Waals surface area contributed by atoms with Crippen LogP contribution in [0.2, 0.25) is 0 Å². The van der Waals surface area contributed by atoms with Crippen molar-refractivity contribution in [2.75, 3.05) is 0 Å². The zero-order valence-corrected chi connectivity index (χ0v) is 17.2. The van der Waals surface area contributed by atoms with Gasteiger partial charge in [0.25, 0.3) is 0 Å². The Morgan fingerprint density at radius 2 is 1.52 bits per heavy atom. The molecule has 1 nitrogen and oxygen atoms in total. The first-order chi connectivity index (χ1) is 13.2. The molecule has 3 aromatic rings. The van der Waals surface area contributed by atoms with Gasteiger partial charge in [0.15, 0.2) is 5.78 Å². The molecule has 0 saturated carbocycles. The Morgan fingerprint density at radius 3 is 2.19 bits per heavy atom. The van der Waals surface area contributed by atoms with Crippen molar-refractivity contribution < 1.29 is 4.79 Å². The minimum Gasteiger partial charge on any atom is -0.294 e. The SMILES string of the molecule is O=C(C[C@@H](C#Cc1ccccc1)SCc1ccccc1)c1ccc(Br)cc1. The van der Waals surface area contributed by atoms with E-state index in [1.54, 1.807) is 11.8 Å². The lowest BCUT2D eigenvalue weighted by Crippen LogP contribution is -2.10. The minimum absolute atomic E-state index is 0.0541. The third-order valence-corrected chi connectivity index (χ3v) is 5.70. The number of hydrogen-bond donors (Lipinski definition) is 0. The number of carbonyl (C=O) groups is 1. The summed E-state index contributed by atoms with van der Waals surface area (Å²) in [6, 6.07) is 27.7. The lowest BCUT2D eigenvalue weighted by Gasteiger charge is -2.10. The van der Waals surface area contributed by atoms with Gasteiger partial charge in [-0.25, -0.2) is 0 Å². The highest BCUT2D eigenvalue weighted by Gasteiger charge is 2.14. The van der Waals surface area contributed by atoms with Crippen LogP contribution in [0, 0.1) is 11.8 Å². The van der Waals surface area contributed by atoms with Gasteiger partial charge in [-0.15, -0.1) is 11.8 Å². The van der Waals surface area contributed by atoms with E-state index in [0.717, 1.165) is 21.4 Å². The van der Waals surface area contributed by atoms with Gasteiger partial charge in [0, 0.05) is 27.8 Å². The minimum atomic E-state index is -0.0541. The Kier molecular flexibility index (Phi) is 7.33. The van der Waals surface area contributed by atoms with E-state index in [4.69, 9.17) is 0 Å². The van der Waals surface area contributed by atoms with Crippen LogP contribution in [0.1, 0.15) is 27.9 Å². The number of rotatable bonds is 6. The molecule has 3 aromatic carbocycles. The summed E-state index contributed by atoms with van der Waals surface area (Å²) in [4.78, 5) is 12.7. The monoisotopic (exact) mass is 434 g/mol. The third-order valence-electron chi connectivity index (χ3n) is 3.98. The van der Waals surface area contributed by atoms with E-state index in [-0.39, 0.29) is 11.0 Å². The molecule has 0 fully saturated rings. The van der Waals surface area contributed by atoms with Crippen molar-refractivity contribution in [2.24, 2.45) is 0 Å². The quantitative estimate of drug-likeness (QED) is 0.330. The molecule has 0 saturated heterocycles. The molecule has 0 unspecified atom stereocenters. The smallest absolute Gasteiger partial charge is 0.164 e. The fourth-order valence-electron chi connectivity index (χ4n) is 2.53. The molecular weight excluding hydrogens is 416 g/mol. The summed E-state index contributed by atoms with van der Waals surface area (Å²) in [6.45, 7) is 0. The molecule has 0 radical (unpaired) electrons. The largest absolute Gasteiger partial charge is 0.294 e. The predicted molar refractivity (Wildman–Crippen MR) is 118 cm³/mol. The van der Waals surface area contributed by atoms with E-state index >= 15 is 0 Å². The molecule has 0 aliphatic heterocycles. The molecule has 0 spiro atoms. The molecule has 0 bridgehead atoms. The van der Waals surface area contributed by atoms with E-state index in [0.29, 0.717) is 6.42 Å². The Hall–Kier alpha value is -2.28. The second-order valence-corrected chi connectivity index (χ2v) is 8.16. The summed E-state index contributed by atoms with van der Waals surface area (Å²) in [6.07, 6.45) is 0.402. The normalized spacial score (nSPS) is 11.3. The molecule has 0 aromatic heterocycles. The van der Waals surface area contributed by atoms with Crippen LogP contribution in [0.25, 0.3) is 0 Å². The van der Waals surface area contributed by atoms with Crippen LogP contribution < -0.4 is 0 Å². The lowest BCUT2D eigenvalue weighted by molar-refractivity contribution is 0.0986. The average molecular weight is 435 g/mol. The first-order valence-electron chi connectivity index (χ1n) is 8.71. The average Bonchev–Trinajstić information content (AvgIpc) is 2.72. The fourth-order valence-corrected chi connectivity index (χ4v) is 3.79. The Bertz CT molecular complexity index is 925. The summed E-state index contributed by atoms with van der Waals surface area (Å²) in [7, 11) is 0. The first-order valence-corrected chi connectivity index (χ1v) is 10.6. The third kappa shape index (κ3) is 6.43. The first kappa shape index (κ1) is 19.5. The fraction of sp³-hybridized carbons (Fsp3) is 0.125. The summed E-state index contributed by atoms with van der Waals surface area (Å²) < 4.78 is 0.970. The van der Waals surface area contributed by atoms with Crippen LogP contribution in [0.5, 0.6) is 0 Å². The van der Waals surface area contributed by atoms with Crippen molar-refractivity contribution in [1.29, 1.82) is 0 Å².